The van der Waals surface area contributed by atoms with Crippen LogP contribution in [0, 0.1) is 11.8 Å². The van der Waals surface area contributed by atoms with E-state index in [-0.39, 0.29) is 37.5 Å². The van der Waals surface area contributed by atoms with E-state index in [9.17, 15) is 28.7 Å². The average Bonchev–Trinajstić information content (AvgIpc) is 3.05. The molecule has 2 fully saturated rings. The number of halogens is 1. The molecule has 2 unspecified atom stereocenters. The molecule has 0 bridgehead atoms. The fourth-order valence-electron chi connectivity index (χ4n) is 6.08. The number of hydrogen-bond acceptors (Lipinski definition) is 7. The van der Waals surface area contributed by atoms with Crippen LogP contribution in [0.15, 0.2) is 42.7 Å². The monoisotopic (exact) mass is 654 g/mol. The van der Waals surface area contributed by atoms with E-state index in [1.807, 2.05) is 26.8 Å². The number of hydrogen-bond donors (Lipinski definition) is 2. The summed E-state index contributed by atoms with van der Waals surface area (Å²) in [6.45, 7) is 6.95. The highest BCUT2D eigenvalue weighted by molar-refractivity contribution is 5.82. The Kier molecular flexibility index (Phi) is 12.6. The van der Waals surface area contributed by atoms with Gasteiger partial charge in [0.15, 0.2) is 0 Å². The predicted molar refractivity (Wildman–Crippen MR) is 173 cm³/mol. The number of pyridine rings is 1. The third-order valence-corrected chi connectivity index (χ3v) is 8.55. The van der Waals surface area contributed by atoms with Crippen LogP contribution in [-0.2, 0) is 19.1 Å². The Balaban J connectivity index is 1.32. The summed E-state index contributed by atoms with van der Waals surface area (Å²) in [5.41, 5.74) is 1.45. The third-order valence-electron chi connectivity index (χ3n) is 8.55. The van der Waals surface area contributed by atoms with E-state index in [0.717, 1.165) is 24.8 Å². The molecule has 2 aliphatic rings. The van der Waals surface area contributed by atoms with Crippen molar-refractivity contribution in [3.05, 3.63) is 48.3 Å². The number of amides is 3. The highest BCUT2D eigenvalue weighted by atomic mass is 19.1. The summed E-state index contributed by atoms with van der Waals surface area (Å²) in [5.74, 6) is -0.973. The molecule has 0 radical (unpaired) electrons. The number of aromatic nitrogens is 1. The lowest BCUT2D eigenvalue weighted by molar-refractivity contribution is -0.138. The maximum atomic E-state index is 13.5. The molecule has 3 heterocycles. The van der Waals surface area contributed by atoms with E-state index in [2.05, 4.69) is 10.3 Å². The van der Waals surface area contributed by atoms with Crippen molar-refractivity contribution < 1.29 is 38.1 Å². The molecule has 2 atom stereocenters. The molecule has 2 N–H and O–H groups in total. The molecule has 2 saturated heterocycles. The summed E-state index contributed by atoms with van der Waals surface area (Å²) >= 11 is 0. The van der Waals surface area contributed by atoms with Gasteiger partial charge in [-0.05, 0) is 88.1 Å². The van der Waals surface area contributed by atoms with Gasteiger partial charge in [0, 0.05) is 50.6 Å². The number of carbonyl (C=O) groups is 4. The van der Waals surface area contributed by atoms with Crippen molar-refractivity contribution in [1.82, 2.24) is 20.1 Å². The van der Waals surface area contributed by atoms with Crippen LogP contribution < -0.4 is 10.1 Å². The summed E-state index contributed by atoms with van der Waals surface area (Å²) < 4.78 is 23.4. The second-order valence-electron chi connectivity index (χ2n) is 13.4. The lowest BCUT2D eigenvalue weighted by Gasteiger charge is -2.35. The molecule has 4 rings (SSSR count). The summed E-state index contributed by atoms with van der Waals surface area (Å²) in [6.07, 6.45) is 6.55. The Bertz CT molecular complexity index is 1390. The smallest absolute Gasteiger partial charge is 0.410 e. The van der Waals surface area contributed by atoms with Gasteiger partial charge in [0.2, 0.25) is 11.8 Å². The van der Waals surface area contributed by atoms with Gasteiger partial charge >= 0.3 is 12.1 Å². The van der Waals surface area contributed by atoms with E-state index in [0.29, 0.717) is 61.7 Å². The molecule has 256 valence electrons. The van der Waals surface area contributed by atoms with Crippen molar-refractivity contribution in [2.75, 3.05) is 39.5 Å². The fourth-order valence-corrected chi connectivity index (χ4v) is 6.08. The van der Waals surface area contributed by atoms with Crippen molar-refractivity contribution >= 4 is 23.9 Å². The van der Waals surface area contributed by atoms with Crippen molar-refractivity contribution in [2.24, 2.45) is 11.8 Å². The van der Waals surface area contributed by atoms with Crippen molar-refractivity contribution in [3.63, 3.8) is 0 Å². The zero-order chi connectivity index (χ0) is 34.0. The summed E-state index contributed by atoms with van der Waals surface area (Å²) in [7, 11) is 0. The van der Waals surface area contributed by atoms with Crippen LogP contribution >= 0.6 is 0 Å². The Morgan fingerprint density at radius 1 is 1.04 bits per heavy atom. The van der Waals surface area contributed by atoms with Crippen LogP contribution in [0.4, 0.5) is 9.18 Å². The van der Waals surface area contributed by atoms with Crippen molar-refractivity contribution in [1.29, 1.82) is 0 Å². The Hall–Kier alpha value is -4.22. The van der Waals surface area contributed by atoms with E-state index < -0.39 is 30.2 Å². The molecule has 47 heavy (non-hydrogen) atoms. The van der Waals surface area contributed by atoms with Crippen molar-refractivity contribution in [2.45, 2.75) is 77.4 Å². The number of likely N-dealkylation sites (tertiary alicyclic amines) is 2. The van der Waals surface area contributed by atoms with Crippen LogP contribution in [0.2, 0.25) is 0 Å². The second kappa shape index (κ2) is 16.6. The highest BCUT2D eigenvalue weighted by Gasteiger charge is 2.32. The third kappa shape index (κ3) is 10.9. The number of benzene rings is 1. The minimum Gasteiger partial charge on any atom is -0.491 e. The van der Waals surface area contributed by atoms with Gasteiger partial charge in [-0.25, -0.2) is 9.18 Å². The van der Waals surface area contributed by atoms with Gasteiger partial charge in [0.25, 0.3) is 0 Å². The predicted octanol–water partition coefficient (Wildman–Crippen LogP) is 5.39. The van der Waals surface area contributed by atoms with Gasteiger partial charge in [-0.3, -0.25) is 19.4 Å². The normalized spacial score (nSPS) is 17.9. The largest absolute Gasteiger partial charge is 0.491 e. The first-order valence-corrected chi connectivity index (χ1v) is 16.4. The molecule has 0 aliphatic carbocycles. The van der Waals surface area contributed by atoms with Gasteiger partial charge in [0.1, 0.15) is 24.6 Å². The highest BCUT2D eigenvalue weighted by Crippen LogP contribution is 2.28. The van der Waals surface area contributed by atoms with Gasteiger partial charge in [-0.2, -0.15) is 0 Å². The molecular weight excluding hydrogens is 607 g/mol. The van der Waals surface area contributed by atoms with Gasteiger partial charge in [0.05, 0.1) is 18.4 Å². The van der Waals surface area contributed by atoms with E-state index in [1.165, 1.54) is 6.20 Å². The lowest BCUT2D eigenvalue weighted by Crippen LogP contribution is -2.46. The van der Waals surface area contributed by atoms with Crippen molar-refractivity contribution in [3.8, 4) is 16.9 Å². The van der Waals surface area contributed by atoms with Crippen LogP contribution in [0.1, 0.15) is 77.3 Å². The average molecular weight is 655 g/mol. The first kappa shape index (κ1) is 35.6. The fraction of sp³-hybridized carbons (Fsp3) is 0.571. The zero-order valence-electron chi connectivity index (χ0n) is 27.6. The molecule has 0 spiro atoms. The standard InChI is InChI=1S/C35H47FN4O7/c1-35(2,3)47-34(45)39-15-11-24(12-16-39)9-10-31(41)40-14-5-7-26(23-40)33(44)38-30(20-32(42)43)28-18-27(21-37-22-28)25-6-4-8-29(19-25)46-17-13-36/h4,6,8,18-19,21-22,24,26,30H,5,7,9-17,20,23H2,1-3H3,(H,38,44)(H,42,43). The number of nitrogens with one attached hydrogen (secondary N) is 1. The van der Waals surface area contributed by atoms with Crippen LogP contribution in [0.25, 0.3) is 11.1 Å². The Morgan fingerprint density at radius 2 is 1.81 bits per heavy atom. The first-order valence-electron chi connectivity index (χ1n) is 16.4. The maximum Gasteiger partial charge on any atom is 0.410 e. The van der Waals surface area contributed by atoms with E-state index >= 15 is 0 Å². The molecule has 2 aliphatic heterocycles. The number of carboxylic acid groups (broad SMARTS) is 1. The molecular formula is C35H47FN4O7. The minimum atomic E-state index is -1.07. The minimum absolute atomic E-state index is 0.00813. The number of ether oxygens (including phenoxy) is 2. The molecule has 0 saturated carbocycles. The van der Waals surface area contributed by atoms with Gasteiger partial charge in [-0.1, -0.05) is 12.1 Å². The number of alkyl halides is 1. The number of piperidine rings is 2. The van der Waals surface area contributed by atoms with E-state index in [4.69, 9.17) is 9.47 Å². The quantitative estimate of drug-likeness (QED) is 0.311. The number of carbonyl (C=O) groups excluding carboxylic acids is 3. The van der Waals surface area contributed by atoms with Crippen LogP contribution in [0.3, 0.4) is 0 Å². The summed E-state index contributed by atoms with van der Waals surface area (Å²) in [6, 6.07) is 8.05. The second-order valence-corrected chi connectivity index (χ2v) is 13.4. The Morgan fingerprint density at radius 3 is 2.51 bits per heavy atom. The Labute approximate surface area is 275 Å². The lowest BCUT2D eigenvalue weighted by atomic mass is 9.91. The summed E-state index contributed by atoms with van der Waals surface area (Å²) in [5, 5.41) is 12.6. The molecule has 1 aromatic heterocycles. The topological polar surface area (TPSA) is 138 Å². The number of aliphatic carboxylic acids is 1. The zero-order valence-corrected chi connectivity index (χ0v) is 27.6. The molecule has 1 aromatic carbocycles. The number of carboxylic acids is 1. The van der Waals surface area contributed by atoms with E-state index in [1.54, 1.807) is 40.3 Å². The number of rotatable bonds is 12. The van der Waals surface area contributed by atoms with Gasteiger partial charge < -0.3 is 29.7 Å². The maximum absolute atomic E-state index is 13.5. The van der Waals surface area contributed by atoms with Crippen LogP contribution in [-0.4, -0.2) is 88.8 Å². The van der Waals surface area contributed by atoms with Gasteiger partial charge in [-0.15, -0.1) is 0 Å². The molecule has 3 amide bonds. The molecule has 2 aromatic rings. The molecule has 11 nitrogen and oxygen atoms in total. The molecule has 12 heteroatoms. The summed E-state index contributed by atoms with van der Waals surface area (Å²) in [4.78, 5) is 58.6. The number of nitrogens with zero attached hydrogens (tertiary/aromatic N) is 3. The van der Waals surface area contributed by atoms with Crippen LogP contribution in [0.5, 0.6) is 5.75 Å². The SMILES string of the molecule is CC(C)(C)OC(=O)N1CCC(CCC(=O)N2CCCC(C(=O)NC(CC(=O)O)c3cncc(-c4cccc(OCCF)c4)c3)C2)CC1. The first-order chi connectivity index (χ1) is 22.4.